The molecule has 8 rings (SSSR count). The molecule has 0 aliphatic heterocycles. The minimum absolute atomic E-state index is 0.608. The molecule has 8 aromatic rings. The molecule has 4 heteroatoms. The average molecular weight is 615 g/mol. The second kappa shape index (κ2) is 13.1. The fraction of sp³-hybridized carbons (Fsp3) is 0. The largest absolute Gasteiger partial charge is 0.255 e. The topological polar surface area (TPSA) is 51.6 Å². The van der Waals surface area contributed by atoms with E-state index in [0.29, 0.717) is 5.82 Å². The van der Waals surface area contributed by atoms with Gasteiger partial charge in [0, 0.05) is 18.0 Å². The van der Waals surface area contributed by atoms with Gasteiger partial charge < -0.3 is 0 Å². The van der Waals surface area contributed by atoms with Crippen LogP contribution in [0.2, 0.25) is 0 Å². The molecule has 0 atom stereocenters. The first-order valence-electron chi connectivity index (χ1n) is 16.0. The normalized spacial score (nSPS) is 10.9. The third-order valence-corrected chi connectivity index (χ3v) is 8.39. The standard InChI is InChI=1S/C44H30N4/c1-5-13-31(14-6-1)35-21-23-45-40(28-35)42-30-43(41-29-36(22-24-46-41)32-15-7-2-8-16-32)48-44(47-42)39-26-37(33-17-9-3-10-18-33)25-38(27-39)34-19-11-4-12-20-34/h1-30H. The molecule has 0 saturated heterocycles. The van der Waals surface area contributed by atoms with Gasteiger partial charge in [-0.3, -0.25) is 9.97 Å². The molecule has 0 N–H and O–H groups in total. The van der Waals surface area contributed by atoms with Crippen LogP contribution in [0.25, 0.3) is 78.7 Å². The summed E-state index contributed by atoms with van der Waals surface area (Å²) in [6, 6.07) is 58.4. The van der Waals surface area contributed by atoms with Crippen LogP contribution in [0.1, 0.15) is 0 Å². The van der Waals surface area contributed by atoms with Crippen molar-refractivity contribution in [2.24, 2.45) is 0 Å². The monoisotopic (exact) mass is 614 g/mol. The zero-order chi connectivity index (χ0) is 32.1. The summed E-state index contributed by atoms with van der Waals surface area (Å²) in [4.78, 5) is 19.9. The van der Waals surface area contributed by atoms with Crippen LogP contribution >= 0.6 is 0 Å². The Hall–Kier alpha value is -6.52. The first kappa shape index (κ1) is 28.9. The van der Waals surface area contributed by atoms with Gasteiger partial charge in [0.2, 0.25) is 0 Å². The van der Waals surface area contributed by atoms with Gasteiger partial charge in [-0.05, 0) is 93.0 Å². The molecule has 3 heterocycles. The Morgan fingerprint density at radius 1 is 0.250 bits per heavy atom. The van der Waals surface area contributed by atoms with Crippen molar-refractivity contribution in [1.82, 2.24) is 19.9 Å². The van der Waals surface area contributed by atoms with E-state index in [1.165, 1.54) is 0 Å². The van der Waals surface area contributed by atoms with E-state index in [4.69, 9.17) is 19.9 Å². The van der Waals surface area contributed by atoms with Crippen LogP contribution in [0.5, 0.6) is 0 Å². The van der Waals surface area contributed by atoms with Gasteiger partial charge in [0.25, 0.3) is 0 Å². The lowest BCUT2D eigenvalue weighted by atomic mass is 9.95. The molecule has 4 nitrogen and oxygen atoms in total. The number of hydrogen-bond acceptors (Lipinski definition) is 4. The zero-order valence-corrected chi connectivity index (χ0v) is 26.1. The number of benzene rings is 5. The van der Waals surface area contributed by atoms with Crippen molar-refractivity contribution in [2.45, 2.75) is 0 Å². The summed E-state index contributed by atoms with van der Waals surface area (Å²) in [5, 5.41) is 0. The number of nitrogens with zero attached hydrogens (tertiary/aromatic N) is 4. The van der Waals surface area contributed by atoms with E-state index in [9.17, 15) is 0 Å². The summed E-state index contributed by atoms with van der Waals surface area (Å²) >= 11 is 0. The van der Waals surface area contributed by atoms with E-state index in [2.05, 4.69) is 103 Å². The van der Waals surface area contributed by atoms with Crippen molar-refractivity contribution in [3.05, 3.63) is 182 Å². The minimum Gasteiger partial charge on any atom is -0.255 e. The smallest absolute Gasteiger partial charge is 0.160 e. The van der Waals surface area contributed by atoms with E-state index >= 15 is 0 Å². The van der Waals surface area contributed by atoms with Crippen LogP contribution in [0.4, 0.5) is 0 Å². The van der Waals surface area contributed by atoms with E-state index in [0.717, 1.165) is 72.8 Å². The number of rotatable bonds is 7. The summed E-state index contributed by atoms with van der Waals surface area (Å²) in [6.45, 7) is 0. The van der Waals surface area contributed by atoms with Gasteiger partial charge in [0.1, 0.15) is 0 Å². The van der Waals surface area contributed by atoms with Crippen LogP contribution in [0.15, 0.2) is 182 Å². The number of aromatic nitrogens is 4. The SMILES string of the molecule is c1ccc(-c2cc(-c3ccccc3)cc(-c3nc(-c4cc(-c5ccccc5)ccn4)cc(-c4cc(-c5ccccc5)ccn4)n3)c2)cc1. The highest BCUT2D eigenvalue weighted by atomic mass is 14.9. The predicted octanol–water partition coefficient (Wildman–Crippen LogP) is 10.9. The highest BCUT2D eigenvalue weighted by Gasteiger charge is 2.16. The van der Waals surface area contributed by atoms with Gasteiger partial charge in [-0.2, -0.15) is 0 Å². The number of hydrogen-bond donors (Lipinski definition) is 0. The highest BCUT2D eigenvalue weighted by Crippen LogP contribution is 2.34. The second-order valence-electron chi connectivity index (χ2n) is 11.6. The Balaban J connectivity index is 1.33. The summed E-state index contributed by atoms with van der Waals surface area (Å²) < 4.78 is 0. The Morgan fingerprint density at radius 2 is 0.604 bits per heavy atom. The summed E-state index contributed by atoms with van der Waals surface area (Å²) in [6.07, 6.45) is 3.69. The van der Waals surface area contributed by atoms with Crippen LogP contribution < -0.4 is 0 Å². The Bertz CT molecular complexity index is 2160. The molecule has 5 aromatic carbocycles. The maximum atomic E-state index is 5.18. The lowest BCUT2D eigenvalue weighted by Gasteiger charge is -2.13. The zero-order valence-electron chi connectivity index (χ0n) is 26.1. The van der Waals surface area contributed by atoms with Crippen LogP contribution in [0.3, 0.4) is 0 Å². The molecule has 0 fully saturated rings. The molecule has 0 amide bonds. The van der Waals surface area contributed by atoms with Crippen LogP contribution in [-0.4, -0.2) is 19.9 Å². The molecule has 0 aliphatic carbocycles. The lowest BCUT2D eigenvalue weighted by molar-refractivity contribution is 1.15. The Kier molecular flexibility index (Phi) is 7.87. The summed E-state index contributed by atoms with van der Waals surface area (Å²) in [7, 11) is 0. The second-order valence-corrected chi connectivity index (χ2v) is 11.6. The van der Waals surface area contributed by atoms with Gasteiger partial charge in [-0.1, -0.05) is 121 Å². The van der Waals surface area contributed by atoms with Gasteiger partial charge in [-0.25, -0.2) is 9.97 Å². The fourth-order valence-corrected chi connectivity index (χ4v) is 5.95. The van der Waals surface area contributed by atoms with Crippen molar-refractivity contribution >= 4 is 0 Å². The lowest BCUT2D eigenvalue weighted by Crippen LogP contribution is -1.99. The molecule has 0 bridgehead atoms. The van der Waals surface area contributed by atoms with Crippen LogP contribution in [0, 0.1) is 0 Å². The molecule has 48 heavy (non-hydrogen) atoms. The van der Waals surface area contributed by atoms with E-state index in [1.807, 2.05) is 79.1 Å². The van der Waals surface area contributed by atoms with Crippen LogP contribution in [-0.2, 0) is 0 Å². The Morgan fingerprint density at radius 3 is 1.00 bits per heavy atom. The molecule has 0 aliphatic rings. The third-order valence-electron chi connectivity index (χ3n) is 8.39. The van der Waals surface area contributed by atoms with Gasteiger partial charge in [-0.15, -0.1) is 0 Å². The number of pyridine rings is 2. The molecular formula is C44H30N4. The highest BCUT2D eigenvalue weighted by molar-refractivity contribution is 5.81. The summed E-state index contributed by atoms with van der Waals surface area (Å²) in [5.41, 5.74) is 12.7. The first-order valence-corrected chi connectivity index (χ1v) is 16.0. The van der Waals surface area contributed by atoms with E-state index in [1.54, 1.807) is 0 Å². The molecular weight excluding hydrogens is 585 g/mol. The maximum absolute atomic E-state index is 5.18. The predicted molar refractivity (Wildman–Crippen MR) is 196 cm³/mol. The molecule has 0 saturated carbocycles. The molecule has 0 radical (unpaired) electrons. The van der Waals surface area contributed by atoms with Gasteiger partial charge in [0.05, 0.1) is 22.8 Å². The van der Waals surface area contributed by atoms with E-state index < -0.39 is 0 Å². The fourth-order valence-electron chi connectivity index (χ4n) is 5.95. The van der Waals surface area contributed by atoms with Gasteiger partial charge in [0.15, 0.2) is 5.82 Å². The van der Waals surface area contributed by atoms with E-state index in [-0.39, 0.29) is 0 Å². The average Bonchev–Trinajstić information content (AvgIpc) is 3.19. The first-order chi connectivity index (χ1) is 23.8. The van der Waals surface area contributed by atoms with Crippen molar-refractivity contribution in [3.8, 4) is 78.7 Å². The third kappa shape index (κ3) is 6.15. The maximum Gasteiger partial charge on any atom is 0.160 e. The summed E-state index contributed by atoms with van der Waals surface area (Å²) in [5.74, 6) is 0.608. The molecule has 3 aromatic heterocycles. The van der Waals surface area contributed by atoms with Crippen molar-refractivity contribution in [3.63, 3.8) is 0 Å². The molecule has 226 valence electrons. The quantitative estimate of drug-likeness (QED) is 0.179. The van der Waals surface area contributed by atoms with Gasteiger partial charge >= 0.3 is 0 Å². The molecule has 0 spiro atoms. The van der Waals surface area contributed by atoms with Crippen molar-refractivity contribution < 1.29 is 0 Å². The van der Waals surface area contributed by atoms with Crippen molar-refractivity contribution in [2.75, 3.05) is 0 Å². The minimum atomic E-state index is 0.608. The molecule has 0 unspecified atom stereocenters. The van der Waals surface area contributed by atoms with Crippen molar-refractivity contribution in [1.29, 1.82) is 0 Å². The Labute approximate surface area is 280 Å².